The highest BCUT2D eigenvalue weighted by Gasteiger charge is 2.12. The highest BCUT2D eigenvalue weighted by molar-refractivity contribution is 5.94. The maximum absolute atomic E-state index is 12.1. The molecule has 21 heavy (non-hydrogen) atoms. The topological polar surface area (TPSA) is 50.8 Å². The third-order valence-corrected chi connectivity index (χ3v) is 2.82. The van der Waals surface area contributed by atoms with Gasteiger partial charge in [-0.25, -0.2) is 0 Å². The van der Waals surface area contributed by atoms with Crippen LogP contribution in [0.1, 0.15) is 0 Å². The summed E-state index contributed by atoms with van der Waals surface area (Å²) in [4.78, 5) is 14.0. The number of benzene rings is 1. The van der Waals surface area contributed by atoms with Gasteiger partial charge >= 0.3 is 0 Å². The van der Waals surface area contributed by atoms with Crippen LogP contribution in [0.25, 0.3) is 0 Å². The number of methoxy groups -OCH3 is 2. The average molecular weight is 290 g/mol. The van der Waals surface area contributed by atoms with Crippen LogP contribution in [0, 0.1) is 0 Å². The molecule has 5 nitrogen and oxygen atoms in total. The number of hydrogen-bond acceptors (Lipinski definition) is 4. The van der Waals surface area contributed by atoms with Gasteiger partial charge < -0.3 is 14.8 Å². The molecule has 5 heteroatoms. The summed E-state index contributed by atoms with van der Waals surface area (Å²) in [5, 5.41) is 2.83. The van der Waals surface area contributed by atoms with Gasteiger partial charge in [-0.3, -0.25) is 9.69 Å². The van der Waals surface area contributed by atoms with Gasteiger partial charge in [0.15, 0.2) is 0 Å². The molecule has 0 bridgehead atoms. The molecule has 1 aromatic carbocycles. The third kappa shape index (κ3) is 5.31. The van der Waals surface area contributed by atoms with Crippen molar-refractivity contribution in [3.63, 3.8) is 0 Å². The molecule has 1 N–H and O–H groups in total. The van der Waals surface area contributed by atoms with Crippen molar-refractivity contribution in [3.05, 3.63) is 43.5 Å². The molecule has 0 spiro atoms. The summed E-state index contributed by atoms with van der Waals surface area (Å²) in [6.45, 7) is 8.85. The van der Waals surface area contributed by atoms with Crippen LogP contribution in [-0.4, -0.2) is 44.7 Å². The van der Waals surface area contributed by atoms with E-state index in [0.29, 0.717) is 30.3 Å². The highest BCUT2D eigenvalue weighted by atomic mass is 16.5. The van der Waals surface area contributed by atoms with Gasteiger partial charge in [0.1, 0.15) is 11.5 Å². The lowest BCUT2D eigenvalue weighted by Crippen LogP contribution is -2.33. The van der Waals surface area contributed by atoms with Crippen molar-refractivity contribution in [2.45, 2.75) is 0 Å². The maximum Gasteiger partial charge on any atom is 0.238 e. The van der Waals surface area contributed by atoms with Gasteiger partial charge in [-0.15, -0.1) is 13.2 Å². The Morgan fingerprint density at radius 2 is 1.90 bits per heavy atom. The van der Waals surface area contributed by atoms with Crippen molar-refractivity contribution in [1.29, 1.82) is 0 Å². The number of hydrogen-bond donors (Lipinski definition) is 1. The van der Waals surface area contributed by atoms with Crippen LogP contribution in [-0.2, 0) is 4.79 Å². The predicted molar refractivity (Wildman–Crippen MR) is 85.0 cm³/mol. The Balaban J connectivity index is 2.76. The number of rotatable bonds is 9. The second-order valence-corrected chi connectivity index (χ2v) is 4.39. The predicted octanol–water partition coefficient (Wildman–Crippen LogP) is 2.32. The van der Waals surface area contributed by atoms with E-state index in [4.69, 9.17) is 9.47 Å². The van der Waals surface area contributed by atoms with Crippen molar-refractivity contribution in [2.24, 2.45) is 0 Å². The fourth-order valence-corrected chi connectivity index (χ4v) is 1.87. The Labute approximate surface area is 125 Å². The number of nitrogens with zero attached hydrogens (tertiary/aromatic N) is 1. The molecule has 0 aliphatic heterocycles. The van der Waals surface area contributed by atoms with E-state index in [-0.39, 0.29) is 12.5 Å². The normalized spacial score (nSPS) is 10.0. The van der Waals surface area contributed by atoms with Gasteiger partial charge in [0.2, 0.25) is 5.91 Å². The number of amides is 1. The number of carbonyl (C=O) groups is 1. The molecule has 1 amide bonds. The second kappa shape index (κ2) is 8.81. The van der Waals surface area contributed by atoms with Gasteiger partial charge in [0.25, 0.3) is 0 Å². The van der Waals surface area contributed by atoms with Crippen LogP contribution in [0.4, 0.5) is 5.69 Å². The molecule has 0 saturated heterocycles. The van der Waals surface area contributed by atoms with Crippen LogP contribution in [0.15, 0.2) is 43.5 Å². The van der Waals surface area contributed by atoms with E-state index in [1.807, 2.05) is 4.90 Å². The zero-order chi connectivity index (χ0) is 15.7. The van der Waals surface area contributed by atoms with E-state index >= 15 is 0 Å². The molecular weight excluding hydrogens is 268 g/mol. The number of anilines is 1. The molecule has 0 atom stereocenters. The van der Waals surface area contributed by atoms with E-state index in [1.54, 1.807) is 44.6 Å². The fourth-order valence-electron chi connectivity index (χ4n) is 1.87. The summed E-state index contributed by atoms with van der Waals surface area (Å²) in [6.07, 6.45) is 3.51. The summed E-state index contributed by atoms with van der Waals surface area (Å²) < 4.78 is 10.4. The third-order valence-electron chi connectivity index (χ3n) is 2.82. The Morgan fingerprint density at radius 3 is 2.43 bits per heavy atom. The van der Waals surface area contributed by atoms with Crippen LogP contribution in [0.3, 0.4) is 0 Å². The molecule has 1 aromatic rings. The lowest BCUT2D eigenvalue weighted by atomic mass is 10.2. The Kier molecular flexibility index (Phi) is 7.04. The van der Waals surface area contributed by atoms with Crippen LogP contribution in [0.2, 0.25) is 0 Å². The van der Waals surface area contributed by atoms with E-state index in [2.05, 4.69) is 18.5 Å². The molecule has 0 aliphatic carbocycles. The van der Waals surface area contributed by atoms with E-state index in [1.165, 1.54) is 0 Å². The molecule has 0 unspecified atom stereocenters. The monoisotopic (exact) mass is 290 g/mol. The van der Waals surface area contributed by atoms with Gasteiger partial charge in [-0.2, -0.15) is 0 Å². The zero-order valence-electron chi connectivity index (χ0n) is 12.6. The minimum absolute atomic E-state index is 0.134. The number of ether oxygens (including phenoxy) is 2. The lowest BCUT2D eigenvalue weighted by molar-refractivity contribution is -0.117. The molecule has 1 rings (SSSR count). The first kappa shape index (κ1) is 16.8. The molecule has 114 valence electrons. The molecule has 0 aliphatic rings. The van der Waals surface area contributed by atoms with Crippen LogP contribution < -0.4 is 14.8 Å². The van der Waals surface area contributed by atoms with Crippen molar-refractivity contribution in [1.82, 2.24) is 4.90 Å². The van der Waals surface area contributed by atoms with E-state index < -0.39 is 0 Å². The Hall–Kier alpha value is -2.27. The lowest BCUT2D eigenvalue weighted by Gasteiger charge is -2.18. The summed E-state index contributed by atoms with van der Waals surface area (Å²) in [6, 6.07) is 5.25. The minimum atomic E-state index is -0.134. The molecule has 0 heterocycles. The second-order valence-electron chi connectivity index (χ2n) is 4.39. The van der Waals surface area contributed by atoms with Crippen molar-refractivity contribution >= 4 is 11.6 Å². The largest absolute Gasteiger partial charge is 0.497 e. The van der Waals surface area contributed by atoms with Crippen LogP contribution in [0.5, 0.6) is 11.5 Å². The summed E-state index contributed by atoms with van der Waals surface area (Å²) in [5.41, 5.74) is 0.582. The van der Waals surface area contributed by atoms with Crippen LogP contribution >= 0.6 is 0 Å². The summed E-state index contributed by atoms with van der Waals surface area (Å²) >= 11 is 0. The van der Waals surface area contributed by atoms with Crippen molar-refractivity contribution in [3.8, 4) is 11.5 Å². The highest BCUT2D eigenvalue weighted by Crippen LogP contribution is 2.28. The molecule has 0 fully saturated rings. The maximum atomic E-state index is 12.1. The standard InChI is InChI=1S/C16H22N2O3/c1-5-9-18(10-6-2)12-16(19)17-14-11-13(20-3)7-8-15(14)21-4/h5-8,11H,1-2,9-10,12H2,3-4H3,(H,17,19). The first-order valence-electron chi connectivity index (χ1n) is 6.60. The summed E-state index contributed by atoms with van der Waals surface area (Å²) in [7, 11) is 3.13. The Bertz CT molecular complexity index is 490. The van der Waals surface area contributed by atoms with Gasteiger partial charge in [0, 0.05) is 19.2 Å². The number of nitrogens with one attached hydrogen (secondary N) is 1. The summed E-state index contributed by atoms with van der Waals surface area (Å²) in [5.74, 6) is 1.11. The zero-order valence-corrected chi connectivity index (χ0v) is 12.6. The van der Waals surface area contributed by atoms with Crippen molar-refractivity contribution in [2.75, 3.05) is 39.2 Å². The minimum Gasteiger partial charge on any atom is -0.497 e. The van der Waals surface area contributed by atoms with E-state index in [9.17, 15) is 4.79 Å². The fraction of sp³-hybridized carbons (Fsp3) is 0.312. The average Bonchev–Trinajstić information content (AvgIpc) is 2.47. The molecule has 0 saturated carbocycles. The van der Waals surface area contributed by atoms with Gasteiger partial charge in [-0.1, -0.05) is 12.2 Å². The SMILES string of the molecule is C=CCN(CC=C)CC(=O)Nc1cc(OC)ccc1OC. The number of carbonyl (C=O) groups excluding carboxylic acids is 1. The first-order valence-corrected chi connectivity index (χ1v) is 6.60. The molecule has 0 radical (unpaired) electrons. The molecular formula is C16H22N2O3. The van der Waals surface area contributed by atoms with Gasteiger partial charge in [-0.05, 0) is 12.1 Å². The first-order chi connectivity index (χ1) is 10.1. The van der Waals surface area contributed by atoms with Gasteiger partial charge in [0.05, 0.1) is 26.5 Å². The molecule has 0 aromatic heterocycles. The van der Waals surface area contributed by atoms with E-state index in [0.717, 1.165) is 0 Å². The Morgan fingerprint density at radius 1 is 1.24 bits per heavy atom. The van der Waals surface area contributed by atoms with Crippen molar-refractivity contribution < 1.29 is 14.3 Å². The quantitative estimate of drug-likeness (QED) is 0.709. The smallest absolute Gasteiger partial charge is 0.238 e.